The van der Waals surface area contributed by atoms with Crippen LogP contribution in [-0.2, 0) is 0 Å². The van der Waals surface area contributed by atoms with Crippen LogP contribution in [0.15, 0.2) is 48.8 Å². The van der Waals surface area contributed by atoms with Gasteiger partial charge in [-0.2, -0.15) is 4.98 Å². The van der Waals surface area contributed by atoms with E-state index in [1.165, 1.54) is 0 Å². The second kappa shape index (κ2) is 6.62. The summed E-state index contributed by atoms with van der Waals surface area (Å²) in [4.78, 5) is 13.0. The Hall–Kier alpha value is -2.66. The summed E-state index contributed by atoms with van der Waals surface area (Å²) >= 11 is 6.17. The number of nitrogens with one attached hydrogen (secondary N) is 2. The van der Waals surface area contributed by atoms with Gasteiger partial charge in [-0.3, -0.25) is 4.98 Å². The Morgan fingerprint density at radius 3 is 2.65 bits per heavy atom. The Bertz CT molecular complexity index is 820. The number of benzene rings is 1. The fourth-order valence-corrected chi connectivity index (χ4v) is 2.28. The van der Waals surface area contributed by atoms with Gasteiger partial charge in [0.25, 0.3) is 0 Å². The number of aryl methyl sites for hydroxylation is 1. The van der Waals surface area contributed by atoms with E-state index < -0.39 is 0 Å². The highest BCUT2D eigenvalue weighted by Gasteiger charge is 2.07. The maximum Gasteiger partial charge on any atom is 0.224 e. The maximum atomic E-state index is 6.17. The molecule has 0 aliphatic carbocycles. The van der Waals surface area contributed by atoms with Crippen molar-refractivity contribution in [1.82, 2.24) is 15.0 Å². The van der Waals surface area contributed by atoms with Crippen molar-refractivity contribution in [2.75, 3.05) is 17.7 Å². The van der Waals surface area contributed by atoms with Crippen LogP contribution >= 0.6 is 11.6 Å². The van der Waals surface area contributed by atoms with E-state index >= 15 is 0 Å². The van der Waals surface area contributed by atoms with E-state index in [1.54, 1.807) is 19.4 Å². The molecule has 0 spiro atoms. The summed E-state index contributed by atoms with van der Waals surface area (Å²) in [5, 5.41) is 6.95. The quantitative estimate of drug-likeness (QED) is 0.749. The van der Waals surface area contributed by atoms with E-state index in [4.69, 9.17) is 11.6 Å². The smallest absolute Gasteiger partial charge is 0.224 e. The molecule has 0 saturated carbocycles. The summed E-state index contributed by atoms with van der Waals surface area (Å²) in [6.45, 7) is 1.97. The van der Waals surface area contributed by atoms with Gasteiger partial charge in [-0.15, -0.1) is 0 Å². The number of hydrogen-bond donors (Lipinski definition) is 2. The molecular weight excluding hydrogens is 310 g/mol. The molecule has 116 valence electrons. The van der Waals surface area contributed by atoms with Crippen LogP contribution in [0.25, 0.3) is 11.3 Å². The van der Waals surface area contributed by atoms with Crippen molar-refractivity contribution in [3.63, 3.8) is 0 Å². The van der Waals surface area contributed by atoms with Gasteiger partial charge < -0.3 is 10.6 Å². The van der Waals surface area contributed by atoms with Crippen LogP contribution in [0.5, 0.6) is 0 Å². The number of hydrogen-bond acceptors (Lipinski definition) is 5. The Balaban J connectivity index is 1.97. The average Bonchev–Trinajstić information content (AvgIpc) is 2.58. The van der Waals surface area contributed by atoms with E-state index in [2.05, 4.69) is 25.6 Å². The molecule has 0 saturated heterocycles. The third-order valence-electron chi connectivity index (χ3n) is 3.35. The largest absolute Gasteiger partial charge is 0.357 e. The van der Waals surface area contributed by atoms with Gasteiger partial charge in [0.05, 0.1) is 5.69 Å². The van der Waals surface area contributed by atoms with Gasteiger partial charge in [-0.05, 0) is 36.8 Å². The predicted octanol–water partition coefficient (Wildman–Crippen LogP) is 4.29. The van der Waals surface area contributed by atoms with Gasteiger partial charge in [0.15, 0.2) is 0 Å². The molecule has 1 aromatic carbocycles. The van der Waals surface area contributed by atoms with E-state index in [-0.39, 0.29) is 0 Å². The number of halogens is 1. The van der Waals surface area contributed by atoms with Crippen LogP contribution in [0.1, 0.15) is 5.56 Å². The van der Waals surface area contributed by atoms with Crippen LogP contribution < -0.4 is 10.6 Å². The first-order valence-corrected chi connectivity index (χ1v) is 7.54. The Morgan fingerprint density at radius 1 is 1.09 bits per heavy atom. The molecule has 2 aromatic heterocycles. The highest BCUT2D eigenvalue weighted by atomic mass is 35.5. The van der Waals surface area contributed by atoms with Gasteiger partial charge in [0, 0.05) is 41.8 Å². The molecule has 0 aliphatic rings. The summed E-state index contributed by atoms with van der Waals surface area (Å²) in [5.74, 6) is 1.22. The van der Waals surface area contributed by atoms with Crippen molar-refractivity contribution in [2.24, 2.45) is 0 Å². The van der Waals surface area contributed by atoms with Crippen LogP contribution in [-0.4, -0.2) is 22.0 Å². The summed E-state index contributed by atoms with van der Waals surface area (Å²) in [5.41, 5.74) is 3.62. The minimum atomic E-state index is 0.534. The number of pyridine rings is 1. The number of anilines is 3. The molecule has 2 heterocycles. The second-order valence-corrected chi connectivity index (χ2v) is 5.45. The first-order chi connectivity index (χ1) is 11.2. The predicted molar refractivity (Wildman–Crippen MR) is 94.3 cm³/mol. The first kappa shape index (κ1) is 15.2. The molecule has 0 amide bonds. The SMILES string of the molecule is CNc1nc(Nc2ccc(C)c(Cl)c2)cc(-c2cccnc2)n1. The molecule has 0 radical (unpaired) electrons. The third-order valence-corrected chi connectivity index (χ3v) is 3.76. The molecule has 0 bridgehead atoms. The fourth-order valence-electron chi connectivity index (χ4n) is 2.10. The van der Waals surface area contributed by atoms with E-state index in [9.17, 15) is 0 Å². The maximum absolute atomic E-state index is 6.17. The lowest BCUT2D eigenvalue weighted by molar-refractivity contribution is 1.15. The highest BCUT2D eigenvalue weighted by molar-refractivity contribution is 6.31. The Morgan fingerprint density at radius 2 is 1.96 bits per heavy atom. The summed E-state index contributed by atoms with van der Waals surface area (Å²) in [7, 11) is 1.79. The van der Waals surface area contributed by atoms with Gasteiger partial charge in [0.1, 0.15) is 5.82 Å². The zero-order chi connectivity index (χ0) is 16.2. The van der Waals surface area contributed by atoms with Gasteiger partial charge in [-0.1, -0.05) is 17.7 Å². The standard InChI is InChI=1S/C17H16ClN5/c1-11-5-6-13(8-14(11)18)21-16-9-15(22-17(19-2)23-16)12-4-3-7-20-10-12/h3-10H,1-2H3,(H2,19,21,22,23). The topological polar surface area (TPSA) is 62.7 Å². The van der Waals surface area contributed by atoms with E-state index in [1.807, 2.05) is 43.3 Å². The van der Waals surface area contributed by atoms with Crippen molar-refractivity contribution in [3.05, 3.63) is 59.4 Å². The molecule has 3 aromatic rings. The van der Waals surface area contributed by atoms with Crippen molar-refractivity contribution in [3.8, 4) is 11.3 Å². The van der Waals surface area contributed by atoms with Crippen LogP contribution in [0.2, 0.25) is 5.02 Å². The molecule has 0 aliphatic heterocycles. The number of aromatic nitrogens is 3. The summed E-state index contributed by atoms with van der Waals surface area (Å²) in [6.07, 6.45) is 3.51. The summed E-state index contributed by atoms with van der Waals surface area (Å²) < 4.78 is 0. The average molecular weight is 326 g/mol. The van der Waals surface area contributed by atoms with Crippen LogP contribution in [0, 0.1) is 6.92 Å². The zero-order valence-corrected chi connectivity index (χ0v) is 13.6. The Labute approximate surface area is 139 Å². The second-order valence-electron chi connectivity index (χ2n) is 5.04. The minimum Gasteiger partial charge on any atom is -0.357 e. The van der Waals surface area contributed by atoms with E-state index in [0.29, 0.717) is 16.8 Å². The van der Waals surface area contributed by atoms with Gasteiger partial charge >= 0.3 is 0 Å². The lowest BCUT2D eigenvalue weighted by atomic mass is 10.2. The van der Waals surface area contributed by atoms with Crippen molar-refractivity contribution >= 4 is 29.1 Å². The molecule has 23 heavy (non-hydrogen) atoms. The normalized spacial score (nSPS) is 10.4. The van der Waals surface area contributed by atoms with Crippen molar-refractivity contribution < 1.29 is 0 Å². The molecule has 2 N–H and O–H groups in total. The van der Waals surface area contributed by atoms with E-state index in [0.717, 1.165) is 22.5 Å². The molecule has 0 atom stereocenters. The highest BCUT2D eigenvalue weighted by Crippen LogP contribution is 2.25. The lowest BCUT2D eigenvalue weighted by Gasteiger charge is -2.10. The Kier molecular flexibility index (Phi) is 4.39. The first-order valence-electron chi connectivity index (χ1n) is 7.16. The molecule has 0 unspecified atom stereocenters. The fraction of sp³-hybridized carbons (Fsp3) is 0.118. The van der Waals surface area contributed by atoms with Crippen molar-refractivity contribution in [2.45, 2.75) is 6.92 Å². The van der Waals surface area contributed by atoms with Crippen molar-refractivity contribution in [1.29, 1.82) is 0 Å². The lowest BCUT2D eigenvalue weighted by Crippen LogP contribution is -2.02. The molecule has 0 fully saturated rings. The van der Waals surface area contributed by atoms with Crippen LogP contribution in [0.3, 0.4) is 0 Å². The molecule has 5 nitrogen and oxygen atoms in total. The van der Waals surface area contributed by atoms with Crippen LogP contribution in [0.4, 0.5) is 17.5 Å². The minimum absolute atomic E-state index is 0.534. The number of rotatable bonds is 4. The third kappa shape index (κ3) is 3.57. The molecular formula is C17H16ClN5. The summed E-state index contributed by atoms with van der Waals surface area (Å²) in [6, 6.07) is 11.5. The van der Waals surface area contributed by atoms with Gasteiger partial charge in [0.2, 0.25) is 5.95 Å². The zero-order valence-electron chi connectivity index (χ0n) is 12.8. The number of nitrogens with zero attached hydrogens (tertiary/aromatic N) is 3. The van der Waals surface area contributed by atoms with Gasteiger partial charge in [-0.25, -0.2) is 4.98 Å². The monoisotopic (exact) mass is 325 g/mol. The molecule has 6 heteroatoms. The molecule has 3 rings (SSSR count).